The number of nitrogens with two attached hydrogens (primary N) is 1. The van der Waals surface area contributed by atoms with Gasteiger partial charge >= 0.3 is 0 Å². The van der Waals surface area contributed by atoms with E-state index in [9.17, 15) is 9.18 Å². The van der Waals surface area contributed by atoms with Crippen LogP contribution in [0.2, 0.25) is 5.02 Å². The van der Waals surface area contributed by atoms with Crippen molar-refractivity contribution in [1.82, 2.24) is 0 Å². The standard InChI is InChI=1S/C13H10ClFN2O/c14-9-6-5-8(7-10(9)15)13(18)17-12-4-2-1-3-11(12)16/h1-7H,16H2,(H,17,18). The van der Waals surface area contributed by atoms with Gasteiger partial charge in [0.25, 0.3) is 5.91 Å². The van der Waals surface area contributed by atoms with Crippen molar-refractivity contribution >= 4 is 28.9 Å². The van der Waals surface area contributed by atoms with E-state index in [1.807, 2.05) is 0 Å². The number of benzene rings is 2. The number of halogens is 2. The van der Waals surface area contributed by atoms with Gasteiger partial charge in [0.15, 0.2) is 0 Å². The third-order valence-electron chi connectivity index (χ3n) is 2.39. The van der Waals surface area contributed by atoms with Gasteiger partial charge in [0.05, 0.1) is 16.4 Å². The van der Waals surface area contributed by atoms with Gasteiger partial charge in [-0.25, -0.2) is 4.39 Å². The number of nitrogens with one attached hydrogen (secondary N) is 1. The molecule has 92 valence electrons. The van der Waals surface area contributed by atoms with Crippen LogP contribution in [-0.4, -0.2) is 5.91 Å². The molecule has 2 aromatic carbocycles. The van der Waals surface area contributed by atoms with Gasteiger partial charge in [-0.2, -0.15) is 0 Å². The summed E-state index contributed by atoms with van der Waals surface area (Å²) in [5, 5.41) is 2.58. The van der Waals surface area contributed by atoms with Crippen LogP contribution in [0.25, 0.3) is 0 Å². The monoisotopic (exact) mass is 264 g/mol. The number of carbonyl (C=O) groups is 1. The normalized spacial score (nSPS) is 10.1. The van der Waals surface area contributed by atoms with E-state index < -0.39 is 11.7 Å². The first-order valence-electron chi connectivity index (χ1n) is 5.19. The van der Waals surface area contributed by atoms with Crippen LogP contribution in [-0.2, 0) is 0 Å². The maximum Gasteiger partial charge on any atom is 0.255 e. The Kier molecular flexibility index (Phi) is 3.48. The summed E-state index contributed by atoms with van der Waals surface area (Å²) in [5.74, 6) is -1.08. The Hall–Kier alpha value is -2.07. The quantitative estimate of drug-likeness (QED) is 0.818. The minimum absolute atomic E-state index is 0.0224. The van der Waals surface area contributed by atoms with Gasteiger partial charge in [-0.05, 0) is 30.3 Å². The predicted octanol–water partition coefficient (Wildman–Crippen LogP) is 3.31. The smallest absolute Gasteiger partial charge is 0.255 e. The van der Waals surface area contributed by atoms with Gasteiger partial charge in [-0.15, -0.1) is 0 Å². The topological polar surface area (TPSA) is 55.1 Å². The molecule has 0 bridgehead atoms. The molecule has 0 aliphatic rings. The van der Waals surface area contributed by atoms with Crippen molar-refractivity contribution in [1.29, 1.82) is 0 Å². The lowest BCUT2D eigenvalue weighted by Gasteiger charge is -2.08. The number of carbonyl (C=O) groups excluding carboxylic acids is 1. The lowest BCUT2D eigenvalue weighted by atomic mass is 10.2. The molecule has 0 radical (unpaired) electrons. The van der Waals surface area contributed by atoms with Gasteiger partial charge in [-0.3, -0.25) is 4.79 Å². The zero-order valence-electron chi connectivity index (χ0n) is 9.28. The maximum absolute atomic E-state index is 13.2. The summed E-state index contributed by atoms with van der Waals surface area (Å²) in [5.41, 5.74) is 6.80. The molecule has 0 saturated heterocycles. The van der Waals surface area contributed by atoms with Gasteiger partial charge in [0, 0.05) is 5.56 Å². The third kappa shape index (κ3) is 2.60. The van der Waals surface area contributed by atoms with Crippen LogP contribution in [0.1, 0.15) is 10.4 Å². The van der Waals surface area contributed by atoms with Gasteiger partial charge < -0.3 is 11.1 Å². The van der Waals surface area contributed by atoms with Crippen LogP contribution in [0.4, 0.5) is 15.8 Å². The zero-order chi connectivity index (χ0) is 13.1. The molecule has 0 saturated carbocycles. The number of para-hydroxylation sites is 2. The van der Waals surface area contributed by atoms with E-state index in [4.69, 9.17) is 17.3 Å². The molecule has 0 aliphatic carbocycles. The minimum atomic E-state index is -0.634. The average Bonchev–Trinajstić information content (AvgIpc) is 2.35. The Labute approximate surface area is 108 Å². The van der Waals surface area contributed by atoms with Crippen LogP contribution in [0.3, 0.4) is 0 Å². The number of amides is 1. The van der Waals surface area contributed by atoms with Crippen molar-refractivity contribution < 1.29 is 9.18 Å². The number of anilines is 2. The highest BCUT2D eigenvalue weighted by atomic mass is 35.5. The number of hydrogen-bond donors (Lipinski definition) is 2. The second-order valence-corrected chi connectivity index (χ2v) is 4.08. The Bertz CT molecular complexity index is 601. The summed E-state index contributed by atoms with van der Waals surface area (Å²) in [4.78, 5) is 11.9. The molecular formula is C13H10ClFN2O. The molecule has 0 unspecified atom stereocenters. The van der Waals surface area contributed by atoms with Crippen molar-refractivity contribution in [2.75, 3.05) is 11.1 Å². The number of nitrogen functional groups attached to an aromatic ring is 1. The van der Waals surface area contributed by atoms with E-state index in [0.29, 0.717) is 11.4 Å². The molecule has 0 atom stereocenters. The third-order valence-corrected chi connectivity index (χ3v) is 2.70. The SMILES string of the molecule is Nc1ccccc1NC(=O)c1ccc(Cl)c(F)c1. The number of hydrogen-bond acceptors (Lipinski definition) is 2. The number of rotatable bonds is 2. The highest BCUT2D eigenvalue weighted by molar-refractivity contribution is 6.30. The van der Waals surface area contributed by atoms with Crippen molar-refractivity contribution in [2.24, 2.45) is 0 Å². The lowest BCUT2D eigenvalue weighted by molar-refractivity contribution is 0.102. The zero-order valence-corrected chi connectivity index (χ0v) is 10.0. The Morgan fingerprint density at radius 3 is 2.61 bits per heavy atom. The largest absolute Gasteiger partial charge is 0.397 e. The van der Waals surface area contributed by atoms with E-state index in [1.54, 1.807) is 24.3 Å². The summed E-state index contributed by atoms with van der Waals surface area (Å²) in [6.07, 6.45) is 0. The highest BCUT2D eigenvalue weighted by Crippen LogP contribution is 2.19. The first kappa shape index (κ1) is 12.4. The van der Waals surface area contributed by atoms with Crippen molar-refractivity contribution in [3.05, 3.63) is 58.9 Å². The molecule has 0 heterocycles. The fourth-order valence-corrected chi connectivity index (χ4v) is 1.56. The van der Waals surface area contributed by atoms with E-state index in [1.165, 1.54) is 12.1 Å². The van der Waals surface area contributed by atoms with E-state index in [-0.39, 0.29) is 10.6 Å². The Balaban J connectivity index is 2.22. The molecule has 2 aromatic rings. The molecule has 1 amide bonds. The van der Waals surface area contributed by atoms with Gasteiger partial charge in [0.2, 0.25) is 0 Å². The molecule has 0 fully saturated rings. The molecule has 0 aliphatic heterocycles. The van der Waals surface area contributed by atoms with E-state index in [0.717, 1.165) is 6.07 Å². The van der Waals surface area contributed by atoms with E-state index >= 15 is 0 Å². The van der Waals surface area contributed by atoms with Crippen LogP contribution < -0.4 is 11.1 Å². The minimum Gasteiger partial charge on any atom is -0.397 e. The molecule has 5 heteroatoms. The van der Waals surface area contributed by atoms with Crippen molar-refractivity contribution in [3.63, 3.8) is 0 Å². The summed E-state index contributed by atoms with van der Waals surface area (Å²) >= 11 is 5.54. The van der Waals surface area contributed by atoms with Crippen LogP contribution in [0.15, 0.2) is 42.5 Å². The fourth-order valence-electron chi connectivity index (χ4n) is 1.44. The molecule has 2 rings (SSSR count). The lowest BCUT2D eigenvalue weighted by Crippen LogP contribution is -2.13. The molecule has 3 N–H and O–H groups in total. The van der Waals surface area contributed by atoms with Crippen LogP contribution in [0, 0.1) is 5.82 Å². The van der Waals surface area contributed by atoms with E-state index in [2.05, 4.69) is 5.32 Å². The maximum atomic E-state index is 13.2. The van der Waals surface area contributed by atoms with Crippen LogP contribution >= 0.6 is 11.6 Å². The summed E-state index contributed by atoms with van der Waals surface area (Å²) < 4.78 is 13.2. The fraction of sp³-hybridized carbons (Fsp3) is 0. The average molecular weight is 265 g/mol. The molecule has 18 heavy (non-hydrogen) atoms. The first-order chi connectivity index (χ1) is 8.58. The molecule has 3 nitrogen and oxygen atoms in total. The summed E-state index contributed by atoms with van der Waals surface area (Å²) in [6, 6.07) is 10.7. The summed E-state index contributed by atoms with van der Waals surface area (Å²) in [7, 11) is 0. The predicted molar refractivity (Wildman–Crippen MR) is 70.2 cm³/mol. The molecule has 0 spiro atoms. The second-order valence-electron chi connectivity index (χ2n) is 3.67. The second kappa shape index (κ2) is 5.06. The Morgan fingerprint density at radius 1 is 1.22 bits per heavy atom. The van der Waals surface area contributed by atoms with Crippen molar-refractivity contribution in [2.45, 2.75) is 0 Å². The molecule has 0 aromatic heterocycles. The first-order valence-corrected chi connectivity index (χ1v) is 5.56. The van der Waals surface area contributed by atoms with Gasteiger partial charge in [0.1, 0.15) is 5.82 Å². The van der Waals surface area contributed by atoms with Crippen molar-refractivity contribution in [3.8, 4) is 0 Å². The Morgan fingerprint density at radius 2 is 1.94 bits per heavy atom. The summed E-state index contributed by atoms with van der Waals surface area (Å²) in [6.45, 7) is 0. The highest BCUT2D eigenvalue weighted by Gasteiger charge is 2.10. The molecular weight excluding hydrogens is 255 g/mol. The van der Waals surface area contributed by atoms with Crippen LogP contribution in [0.5, 0.6) is 0 Å². The van der Waals surface area contributed by atoms with Gasteiger partial charge in [-0.1, -0.05) is 23.7 Å².